The third kappa shape index (κ3) is 2.75. The third-order valence-electron chi connectivity index (χ3n) is 3.70. The lowest BCUT2D eigenvalue weighted by molar-refractivity contribution is -0.119. The number of aryl methyl sites for hydroxylation is 1. The second-order valence-corrected chi connectivity index (χ2v) is 5.17. The van der Waals surface area contributed by atoms with Crippen molar-refractivity contribution >= 4 is 5.78 Å². The van der Waals surface area contributed by atoms with Crippen LogP contribution in [0.4, 0.5) is 0 Å². The number of Topliss-reactive ketones (excluding diaryl/α,β-unsaturated/α-hetero) is 1. The molecule has 2 aromatic rings. The van der Waals surface area contributed by atoms with E-state index >= 15 is 0 Å². The number of hydrogen-bond donors (Lipinski definition) is 0. The van der Waals surface area contributed by atoms with Crippen molar-refractivity contribution in [3.8, 4) is 0 Å². The molecule has 1 heterocycles. The van der Waals surface area contributed by atoms with Crippen molar-refractivity contribution in [2.45, 2.75) is 38.6 Å². The third-order valence-corrected chi connectivity index (χ3v) is 3.70. The summed E-state index contributed by atoms with van der Waals surface area (Å²) in [5, 5.41) is 0. The fourth-order valence-electron chi connectivity index (χ4n) is 2.74. The number of hydrogen-bond acceptors (Lipinski definition) is 2. The number of nitrogens with zero attached hydrogens (tertiary/aromatic N) is 2. The van der Waals surface area contributed by atoms with E-state index in [1.807, 2.05) is 41.2 Å². The number of imidazole rings is 1. The fourth-order valence-corrected chi connectivity index (χ4v) is 2.74. The Morgan fingerprint density at radius 3 is 2.79 bits per heavy atom. The van der Waals surface area contributed by atoms with Gasteiger partial charge in [0.05, 0.1) is 18.6 Å². The van der Waals surface area contributed by atoms with Gasteiger partial charge in [-0.05, 0) is 31.2 Å². The van der Waals surface area contributed by atoms with Gasteiger partial charge >= 0.3 is 0 Å². The van der Waals surface area contributed by atoms with E-state index in [0.29, 0.717) is 13.0 Å². The SMILES string of the molecule is O=C(Cc1ccccc1)Cn1cnc2c1CCCC2. The lowest BCUT2D eigenvalue weighted by Gasteiger charge is -2.13. The predicted octanol–water partition coefficient (Wildman–Crippen LogP) is 2.57. The Bertz CT molecular complexity index is 572. The monoisotopic (exact) mass is 254 g/mol. The summed E-state index contributed by atoms with van der Waals surface area (Å²) in [6.07, 6.45) is 6.91. The quantitative estimate of drug-likeness (QED) is 0.840. The second-order valence-electron chi connectivity index (χ2n) is 5.17. The van der Waals surface area contributed by atoms with E-state index < -0.39 is 0 Å². The highest BCUT2D eigenvalue weighted by Gasteiger charge is 2.16. The normalized spacial score (nSPS) is 14.1. The molecule has 98 valence electrons. The molecule has 3 heteroatoms. The first-order valence-electron chi connectivity index (χ1n) is 6.91. The summed E-state index contributed by atoms with van der Waals surface area (Å²) in [7, 11) is 0. The van der Waals surface area contributed by atoms with Gasteiger partial charge in [0.15, 0.2) is 5.78 Å². The van der Waals surface area contributed by atoms with E-state index in [-0.39, 0.29) is 5.78 Å². The lowest BCUT2D eigenvalue weighted by Crippen LogP contribution is -2.15. The van der Waals surface area contributed by atoms with E-state index in [9.17, 15) is 4.79 Å². The maximum absolute atomic E-state index is 12.1. The standard InChI is InChI=1S/C16H18N2O/c19-14(10-13-6-2-1-3-7-13)11-18-12-17-15-8-4-5-9-16(15)18/h1-3,6-7,12H,4-5,8-11H2. The summed E-state index contributed by atoms with van der Waals surface area (Å²) in [5.41, 5.74) is 3.55. The zero-order valence-electron chi connectivity index (χ0n) is 11.0. The van der Waals surface area contributed by atoms with Crippen LogP contribution in [-0.2, 0) is 30.6 Å². The minimum absolute atomic E-state index is 0.247. The van der Waals surface area contributed by atoms with Crippen molar-refractivity contribution in [2.75, 3.05) is 0 Å². The molecule has 0 bridgehead atoms. The van der Waals surface area contributed by atoms with E-state index in [4.69, 9.17) is 0 Å². The molecule has 0 aliphatic heterocycles. The first-order chi connectivity index (χ1) is 9.33. The van der Waals surface area contributed by atoms with Crippen molar-refractivity contribution in [3.05, 3.63) is 53.6 Å². The Kier molecular flexibility index (Phi) is 3.45. The van der Waals surface area contributed by atoms with Crippen LogP contribution in [0.3, 0.4) is 0 Å². The Balaban J connectivity index is 1.68. The van der Waals surface area contributed by atoms with Crippen molar-refractivity contribution in [3.63, 3.8) is 0 Å². The minimum atomic E-state index is 0.247. The zero-order chi connectivity index (χ0) is 13.1. The molecule has 0 fully saturated rings. The van der Waals surface area contributed by atoms with Gasteiger partial charge in [0.25, 0.3) is 0 Å². The molecule has 0 N–H and O–H groups in total. The van der Waals surface area contributed by atoms with Gasteiger partial charge in [-0.1, -0.05) is 30.3 Å². The van der Waals surface area contributed by atoms with Gasteiger partial charge < -0.3 is 4.57 Å². The predicted molar refractivity (Wildman–Crippen MR) is 74.0 cm³/mol. The van der Waals surface area contributed by atoms with Crippen molar-refractivity contribution < 1.29 is 4.79 Å². The maximum atomic E-state index is 12.1. The molecule has 19 heavy (non-hydrogen) atoms. The summed E-state index contributed by atoms with van der Waals surface area (Å²) in [6, 6.07) is 9.92. The highest BCUT2D eigenvalue weighted by Crippen LogP contribution is 2.19. The Morgan fingerprint density at radius 2 is 1.95 bits per heavy atom. The molecule has 1 aliphatic rings. The highest BCUT2D eigenvalue weighted by molar-refractivity contribution is 5.80. The molecule has 0 amide bonds. The van der Waals surface area contributed by atoms with Gasteiger partial charge in [-0.2, -0.15) is 0 Å². The zero-order valence-corrected chi connectivity index (χ0v) is 11.0. The smallest absolute Gasteiger partial charge is 0.156 e. The number of fused-ring (bicyclic) bond motifs is 1. The van der Waals surface area contributed by atoms with Crippen molar-refractivity contribution in [1.29, 1.82) is 0 Å². The van der Waals surface area contributed by atoms with Crippen LogP contribution in [0, 0.1) is 0 Å². The van der Waals surface area contributed by atoms with Gasteiger partial charge in [0.2, 0.25) is 0 Å². The van der Waals surface area contributed by atoms with Gasteiger partial charge in [0, 0.05) is 12.1 Å². The Hall–Kier alpha value is -1.90. The second kappa shape index (κ2) is 5.39. The van der Waals surface area contributed by atoms with Gasteiger partial charge in [-0.15, -0.1) is 0 Å². The lowest BCUT2D eigenvalue weighted by atomic mass is 10.0. The summed E-state index contributed by atoms with van der Waals surface area (Å²) in [5.74, 6) is 0.247. The van der Waals surface area contributed by atoms with E-state index in [1.165, 1.54) is 24.2 Å². The topological polar surface area (TPSA) is 34.9 Å². The van der Waals surface area contributed by atoms with E-state index in [1.54, 1.807) is 0 Å². The van der Waals surface area contributed by atoms with Crippen LogP contribution in [0.2, 0.25) is 0 Å². The van der Waals surface area contributed by atoms with Gasteiger partial charge in [0.1, 0.15) is 0 Å². The van der Waals surface area contributed by atoms with Crippen LogP contribution < -0.4 is 0 Å². The van der Waals surface area contributed by atoms with Gasteiger partial charge in [-0.3, -0.25) is 4.79 Å². The summed E-state index contributed by atoms with van der Waals surface area (Å²) < 4.78 is 2.04. The molecular weight excluding hydrogens is 236 g/mol. The van der Waals surface area contributed by atoms with Crippen LogP contribution in [-0.4, -0.2) is 15.3 Å². The van der Waals surface area contributed by atoms with Crippen molar-refractivity contribution in [2.24, 2.45) is 0 Å². The molecule has 3 rings (SSSR count). The summed E-state index contributed by atoms with van der Waals surface area (Å²) in [4.78, 5) is 16.5. The minimum Gasteiger partial charge on any atom is -0.327 e. The van der Waals surface area contributed by atoms with Crippen LogP contribution in [0.15, 0.2) is 36.7 Å². The maximum Gasteiger partial charge on any atom is 0.156 e. The Morgan fingerprint density at radius 1 is 1.16 bits per heavy atom. The van der Waals surface area contributed by atoms with Crippen molar-refractivity contribution in [1.82, 2.24) is 9.55 Å². The number of aromatic nitrogens is 2. The first kappa shape index (κ1) is 12.2. The molecule has 3 nitrogen and oxygen atoms in total. The molecule has 0 saturated carbocycles. The number of rotatable bonds is 4. The molecule has 0 atom stereocenters. The van der Waals surface area contributed by atoms with Crippen LogP contribution >= 0.6 is 0 Å². The van der Waals surface area contributed by atoms with Crippen LogP contribution in [0.1, 0.15) is 29.8 Å². The molecule has 0 saturated heterocycles. The molecule has 1 aromatic carbocycles. The summed E-state index contributed by atoms with van der Waals surface area (Å²) >= 11 is 0. The molecule has 0 unspecified atom stereocenters. The van der Waals surface area contributed by atoms with Crippen LogP contribution in [0.25, 0.3) is 0 Å². The average molecular weight is 254 g/mol. The van der Waals surface area contributed by atoms with E-state index in [0.717, 1.165) is 18.4 Å². The average Bonchev–Trinajstić information content (AvgIpc) is 2.83. The number of carbonyl (C=O) groups excluding carboxylic acids is 1. The molecule has 1 aliphatic carbocycles. The molecular formula is C16H18N2O. The number of carbonyl (C=O) groups is 1. The molecule has 0 spiro atoms. The molecule has 1 aromatic heterocycles. The largest absolute Gasteiger partial charge is 0.327 e. The highest BCUT2D eigenvalue weighted by atomic mass is 16.1. The van der Waals surface area contributed by atoms with E-state index in [2.05, 4.69) is 4.98 Å². The Labute approximate surface area is 113 Å². The van der Waals surface area contributed by atoms with Gasteiger partial charge in [-0.25, -0.2) is 4.98 Å². The number of benzene rings is 1. The molecule has 0 radical (unpaired) electrons. The first-order valence-corrected chi connectivity index (χ1v) is 6.91. The summed E-state index contributed by atoms with van der Waals surface area (Å²) in [6.45, 7) is 0.456. The van der Waals surface area contributed by atoms with Crippen LogP contribution in [0.5, 0.6) is 0 Å². The number of ketones is 1. The fraction of sp³-hybridized carbons (Fsp3) is 0.375.